The predicted octanol–water partition coefficient (Wildman–Crippen LogP) is 3.66. The molecule has 2 heterocycles. The second kappa shape index (κ2) is 8.20. The molecule has 1 aliphatic carbocycles. The molecule has 1 aromatic heterocycles. The van der Waals surface area contributed by atoms with Crippen LogP contribution >= 0.6 is 0 Å². The zero-order chi connectivity index (χ0) is 20.5. The van der Waals surface area contributed by atoms with Crippen molar-refractivity contribution in [3.05, 3.63) is 78.6 Å². The summed E-state index contributed by atoms with van der Waals surface area (Å²) in [7, 11) is 0. The van der Waals surface area contributed by atoms with Crippen molar-refractivity contribution in [1.29, 1.82) is 0 Å². The average Bonchev–Trinajstić information content (AvgIpc) is 3.40. The number of halogens is 1. The molecule has 1 aliphatic heterocycles. The number of hydrogen-bond acceptors (Lipinski definition) is 4. The molecule has 2 aromatic carbocycles. The van der Waals surface area contributed by atoms with E-state index in [1.165, 1.54) is 17.7 Å². The number of likely N-dealkylation sites (tertiary alicyclic amines) is 1. The number of aliphatic hydroxyl groups excluding tert-OH is 1. The van der Waals surface area contributed by atoms with Crippen LogP contribution in [-0.2, 0) is 6.54 Å². The summed E-state index contributed by atoms with van der Waals surface area (Å²) in [4.78, 5) is 6.58. The summed E-state index contributed by atoms with van der Waals surface area (Å²) in [5.41, 5.74) is 2.40. The molecule has 5 nitrogen and oxygen atoms in total. The Hall–Kier alpha value is -2.70. The van der Waals surface area contributed by atoms with Crippen molar-refractivity contribution in [3.8, 4) is 11.4 Å². The molecular formula is C24H26FN3O2. The molecule has 1 saturated carbocycles. The van der Waals surface area contributed by atoms with Gasteiger partial charge in [0.2, 0.25) is 0 Å². The van der Waals surface area contributed by atoms with Gasteiger partial charge >= 0.3 is 0 Å². The average molecular weight is 407 g/mol. The molecule has 1 N–H and O–H groups in total. The van der Waals surface area contributed by atoms with Crippen LogP contribution in [0.4, 0.5) is 4.39 Å². The van der Waals surface area contributed by atoms with Gasteiger partial charge in [-0.1, -0.05) is 12.1 Å². The third-order valence-electron chi connectivity index (χ3n) is 6.41. The normalized spacial score (nSPS) is 26.5. The van der Waals surface area contributed by atoms with E-state index in [0.29, 0.717) is 17.6 Å². The van der Waals surface area contributed by atoms with Gasteiger partial charge in [0, 0.05) is 37.7 Å². The second-order valence-electron chi connectivity index (χ2n) is 8.50. The van der Waals surface area contributed by atoms with Crippen molar-refractivity contribution in [2.24, 2.45) is 11.8 Å². The molecule has 1 saturated heterocycles. The Morgan fingerprint density at radius 3 is 2.43 bits per heavy atom. The van der Waals surface area contributed by atoms with Gasteiger partial charge in [0.05, 0.1) is 12.4 Å². The SMILES string of the molecule is O[C@@H]1C[C@H]2CN(Cc3ccc(-n4ccnc4)cc3)C[C@H]2C[C@H]1Oc1ccc(F)cc1. The van der Waals surface area contributed by atoms with Gasteiger partial charge in [-0.15, -0.1) is 0 Å². The smallest absolute Gasteiger partial charge is 0.125 e. The molecule has 0 spiro atoms. The van der Waals surface area contributed by atoms with Crippen LogP contribution in [0.5, 0.6) is 5.75 Å². The van der Waals surface area contributed by atoms with E-state index in [0.717, 1.165) is 38.2 Å². The Kier molecular flexibility index (Phi) is 5.27. The van der Waals surface area contributed by atoms with Gasteiger partial charge in [0.15, 0.2) is 0 Å². The molecule has 4 atom stereocenters. The largest absolute Gasteiger partial charge is 0.488 e. The minimum Gasteiger partial charge on any atom is -0.488 e. The third-order valence-corrected chi connectivity index (χ3v) is 6.41. The fourth-order valence-corrected chi connectivity index (χ4v) is 4.87. The number of fused-ring (bicyclic) bond motifs is 1. The van der Waals surface area contributed by atoms with Gasteiger partial charge in [-0.2, -0.15) is 0 Å². The number of hydrogen-bond donors (Lipinski definition) is 1. The topological polar surface area (TPSA) is 50.5 Å². The summed E-state index contributed by atoms with van der Waals surface area (Å²) < 4.78 is 21.1. The minimum absolute atomic E-state index is 0.230. The maximum atomic E-state index is 13.1. The number of benzene rings is 2. The number of imidazole rings is 1. The highest BCUT2D eigenvalue weighted by atomic mass is 19.1. The summed E-state index contributed by atoms with van der Waals surface area (Å²) in [6.45, 7) is 2.94. The Labute approximate surface area is 175 Å². The summed E-state index contributed by atoms with van der Waals surface area (Å²) in [5.74, 6) is 1.35. The first-order valence-electron chi connectivity index (χ1n) is 10.5. The highest BCUT2D eigenvalue weighted by Crippen LogP contribution is 2.38. The van der Waals surface area contributed by atoms with Crippen molar-refractivity contribution in [3.63, 3.8) is 0 Å². The molecule has 6 heteroatoms. The summed E-state index contributed by atoms with van der Waals surface area (Å²) in [5, 5.41) is 10.6. The van der Waals surface area contributed by atoms with Gasteiger partial charge in [0.1, 0.15) is 17.7 Å². The lowest BCUT2D eigenvalue weighted by atomic mass is 9.78. The predicted molar refractivity (Wildman–Crippen MR) is 112 cm³/mol. The number of aliphatic hydroxyl groups is 1. The monoisotopic (exact) mass is 407 g/mol. The standard InChI is InChI=1S/C24H26FN3O2/c25-20-3-7-22(8-4-20)30-24-12-19-15-27(14-18(19)11-23(24)29)13-17-1-5-21(6-2-17)28-10-9-26-16-28/h1-10,16,18-19,23-24,29H,11-15H2/t18-,19+,23+,24+/m0/s1. The van der Waals surface area contributed by atoms with E-state index in [2.05, 4.69) is 34.1 Å². The summed E-state index contributed by atoms with van der Waals surface area (Å²) >= 11 is 0. The third kappa shape index (κ3) is 4.11. The Morgan fingerprint density at radius 2 is 1.73 bits per heavy atom. The first-order chi connectivity index (χ1) is 14.6. The number of aromatic nitrogens is 2. The van der Waals surface area contributed by atoms with E-state index < -0.39 is 6.10 Å². The lowest BCUT2D eigenvalue weighted by Gasteiger charge is -2.35. The first-order valence-corrected chi connectivity index (χ1v) is 10.5. The highest BCUT2D eigenvalue weighted by Gasteiger charge is 2.42. The van der Waals surface area contributed by atoms with Gasteiger partial charge in [-0.25, -0.2) is 9.37 Å². The lowest BCUT2D eigenvalue weighted by Crippen LogP contribution is -2.42. The van der Waals surface area contributed by atoms with Crippen LogP contribution in [-0.4, -0.2) is 44.9 Å². The molecule has 0 unspecified atom stereocenters. The van der Waals surface area contributed by atoms with Crippen LogP contribution in [0, 0.1) is 17.7 Å². The van der Waals surface area contributed by atoms with Crippen molar-refractivity contribution in [2.75, 3.05) is 13.1 Å². The van der Waals surface area contributed by atoms with E-state index in [9.17, 15) is 9.50 Å². The highest BCUT2D eigenvalue weighted by molar-refractivity contribution is 5.34. The Morgan fingerprint density at radius 1 is 1.00 bits per heavy atom. The van der Waals surface area contributed by atoms with Crippen LogP contribution < -0.4 is 4.74 Å². The Balaban J connectivity index is 1.19. The molecule has 0 bridgehead atoms. The van der Waals surface area contributed by atoms with Gasteiger partial charge in [0.25, 0.3) is 0 Å². The van der Waals surface area contributed by atoms with Crippen molar-refractivity contribution in [2.45, 2.75) is 31.6 Å². The molecule has 30 heavy (non-hydrogen) atoms. The van der Waals surface area contributed by atoms with E-state index in [1.807, 2.05) is 10.8 Å². The van der Waals surface area contributed by atoms with Crippen molar-refractivity contribution < 1.29 is 14.2 Å². The lowest BCUT2D eigenvalue weighted by molar-refractivity contribution is -0.0231. The van der Waals surface area contributed by atoms with E-state index >= 15 is 0 Å². The van der Waals surface area contributed by atoms with Gasteiger partial charge in [-0.05, 0) is 66.6 Å². The fourth-order valence-electron chi connectivity index (χ4n) is 4.87. The van der Waals surface area contributed by atoms with Crippen molar-refractivity contribution in [1.82, 2.24) is 14.5 Å². The Bertz CT molecular complexity index is 959. The maximum absolute atomic E-state index is 13.1. The number of nitrogens with zero attached hydrogens (tertiary/aromatic N) is 3. The maximum Gasteiger partial charge on any atom is 0.125 e. The quantitative estimate of drug-likeness (QED) is 0.701. The van der Waals surface area contributed by atoms with Gasteiger partial charge in [-0.3, -0.25) is 4.90 Å². The summed E-state index contributed by atoms with van der Waals surface area (Å²) in [6, 6.07) is 14.6. The van der Waals surface area contributed by atoms with E-state index in [4.69, 9.17) is 4.74 Å². The number of rotatable bonds is 5. The second-order valence-corrected chi connectivity index (χ2v) is 8.50. The number of ether oxygens (including phenoxy) is 1. The zero-order valence-corrected chi connectivity index (χ0v) is 16.8. The molecular weight excluding hydrogens is 381 g/mol. The van der Waals surface area contributed by atoms with Crippen LogP contribution in [0.15, 0.2) is 67.3 Å². The van der Waals surface area contributed by atoms with E-state index in [1.54, 1.807) is 24.7 Å². The van der Waals surface area contributed by atoms with Gasteiger partial charge < -0.3 is 14.4 Å². The van der Waals surface area contributed by atoms with Crippen LogP contribution in [0.1, 0.15) is 18.4 Å². The molecule has 0 radical (unpaired) electrons. The minimum atomic E-state index is -0.481. The fraction of sp³-hybridized carbons (Fsp3) is 0.375. The van der Waals surface area contributed by atoms with Crippen LogP contribution in [0.25, 0.3) is 5.69 Å². The van der Waals surface area contributed by atoms with E-state index in [-0.39, 0.29) is 11.9 Å². The molecule has 0 amide bonds. The summed E-state index contributed by atoms with van der Waals surface area (Å²) in [6.07, 6.45) is 6.40. The molecule has 3 aromatic rings. The zero-order valence-electron chi connectivity index (χ0n) is 16.8. The molecule has 2 aliphatic rings. The van der Waals surface area contributed by atoms with Crippen molar-refractivity contribution >= 4 is 0 Å². The molecule has 2 fully saturated rings. The molecule has 156 valence electrons. The van der Waals surface area contributed by atoms with Crippen LogP contribution in [0.3, 0.4) is 0 Å². The first kappa shape index (κ1) is 19.3. The molecule has 5 rings (SSSR count). The van der Waals surface area contributed by atoms with Crippen LogP contribution in [0.2, 0.25) is 0 Å².